The number of fused-ring (bicyclic) bond motifs is 1. The molecule has 2 N–H and O–H groups in total. The number of nitrogens with zero attached hydrogens (tertiary/aromatic N) is 7. The number of hydrogen-bond acceptors (Lipinski definition) is 7. The monoisotopic (exact) mass is 457 g/mol. The molecule has 34 heavy (non-hydrogen) atoms. The van der Waals surface area contributed by atoms with Crippen molar-refractivity contribution in [2.75, 3.05) is 43.4 Å². The van der Waals surface area contributed by atoms with Crippen LogP contribution in [0.2, 0.25) is 0 Å². The summed E-state index contributed by atoms with van der Waals surface area (Å²) in [6.07, 6.45) is 6.18. The Kier molecular flexibility index (Phi) is 5.77. The summed E-state index contributed by atoms with van der Waals surface area (Å²) < 4.78 is 13.8. The van der Waals surface area contributed by atoms with E-state index in [1.807, 2.05) is 19.2 Å². The van der Waals surface area contributed by atoms with Gasteiger partial charge in [-0.25, -0.2) is 29.2 Å². The summed E-state index contributed by atoms with van der Waals surface area (Å²) in [6, 6.07) is 5.37. The zero-order valence-corrected chi connectivity index (χ0v) is 19.0. The van der Waals surface area contributed by atoms with Crippen LogP contribution in [0.1, 0.15) is 18.5 Å². The van der Waals surface area contributed by atoms with E-state index in [1.54, 1.807) is 6.20 Å². The molecule has 5 heterocycles. The molecular formula is C24H24FN9. The van der Waals surface area contributed by atoms with Crippen molar-refractivity contribution in [3.63, 3.8) is 0 Å². The number of anilines is 2. The number of nitrogens with one attached hydrogen (secondary N) is 2. The number of halogens is 1. The fraction of sp³-hybridized carbons (Fsp3) is 0.292. The van der Waals surface area contributed by atoms with Gasteiger partial charge < -0.3 is 20.1 Å². The average Bonchev–Trinajstić information content (AvgIpc) is 3.27. The highest BCUT2D eigenvalue weighted by Crippen LogP contribution is 2.34. The van der Waals surface area contributed by atoms with Crippen LogP contribution in [-0.4, -0.2) is 63.0 Å². The van der Waals surface area contributed by atoms with Crippen LogP contribution < -0.4 is 10.2 Å². The van der Waals surface area contributed by atoms with E-state index in [2.05, 4.69) is 58.0 Å². The van der Waals surface area contributed by atoms with Gasteiger partial charge in [0.05, 0.1) is 24.5 Å². The molecule has 0 aromatic carbocycles. The van der Waals surface area contributed by atoms with Gasteiger partial charge in [-0.1, -0.05) is 6.07 Å². The molecule has 0 amide bonds. The lowest BCUT2D eigenvalue weighted by Gasteiger charge is -2.33. The minimum Gasteiger partial charge on any atom is -0.354 e. The van der Waals surface area contributed by atoms with Gasteiger partial charge in [0.15, 0.2) is 0 Å². The van der Waals surface area contributed by atoms with Crippen molar-refractivity contribution in [1.82, 2.24) is 29.8 Å². The van der Waals surface area contributed by atoms with Crippen molar-refractivity contribution in [2.24, 2.45) is 0 Å². The molecule has 0 aliphatic carbocycles. The van der Waals surface area contributed by atoms with Gasteiger partial charge in [0.2, 0.25) is 11.6 Å². The third kappa shape index (κ3) is 4.25. The second kappa shape index (κ2) is 9.03. The first-order valence-corrected chi connectivity index (χ1v) is 11.1. The van der Waals surface area contributed by atoms with E-state index >= 15 is 0 Å². The Morgan fingerprint density at radius 3 is 2.68 bits per heavy atom. The molecule has 0 saturated carbocycles. The molecule has 0 bridgehead atoms. The number of piperazine rings is 1. The predicted octanol–water partition coefficient (Wildman–Crippen LogP) is 4.03. The Hall–Kier alpha value is -4.10. The third-order valence-corrected chi connectivity index (χ3v) is 6.09. The maximum Gasteiger partial charge on any atom is 0.231 e. The largest absolute Gasteiger partial charge is 0.354 e. The SMILES string of the molecule is [C-]#[N+]c1cnc(N[C@@H](C)c2ccc(N3CCN(C)CC3)nc2)nc1-c1c[nH]c2ncc(F)cc12. The molecular weight excluding hydrogens is 433 g/mol. The van der Waals surface area contributed by atoms with E-state index in [9.17, 15) is 4.39 Å². The Bertz CT molecular complexity index is 1350. The van der Waals surface area contributed by atoms with Crippen LogP contribution in [0.3, 0.4) is 0 Å². The van der Waals surface area contributed by atoms with Gasteiger partial charge in [0.25, 0.3) is 0 Å². The van der Waals surface area contributed by atoms with Crippen LogP contribution in [0.15, 0.2) is 43.0 Å². The molecule has 1 aliphatic rings. The van der Waals surface area contributed by atoms with Crippen molar-refractivity contribution in [2.45, 2.75) is 13.0 Å². The van der Waals surface area contributed by atoms with E-state index in [0.717, 1.165) is 43.8 Å². The maximum atomic E-state index is 13.8. The minimum absolute atomic E-state index is 0.109. The number of H-pyrrole nitrogens is 1. The molecule has 0 unspecified atom stereocenters. The molecule has 5 rings (SSSR count). The van der Waals surface area contributed by atoms with Gasteiger partial charge in [0, 0.05) is 55.7 Å². The van der Waals surface area contributed by atoms with Gasteiger partial charge in [-0.05, 0) is 31.7 Å². The molecule has 172 valence electrons. The molecule has 10 heteroatoms. The fourth-order valence-electron chi connectivity index (χ4n) is 4.05. The molecule has 4 aromatic heterocycles. The molecule has 0 radical (unpaired) electrons. The highest BCUT2D eigenvalue weighted by molar-refractivity contribution is 5.96. The molecule has 0 spiro atoms. The van der Waals surface area contributed by atoms with E-state index in [-0.39, 0.29) is 11.7 Å². The van der Waals surface area contributed by atoms with Crippen LogP contribution in [0.4, 0.5) is 21.8 Å². The smallest absolute Gasteiger partial charge is 0.231 e. The van der Waals surface area contributed by atoms with Crippen molar-refractivity contribution < 1.29 is 4.39 Å². The van der Waals surface area contributed by atoms with E-state index in [4.69, 9.17) is 6.57 Å². The van der Waals surface area contributed by atoms with Crippen molar-refractivity contribution >= 4 is 28.5 Å². The van der Waals surface area contributed by atoms with E-state index < -0.39 is 5.82 Å². The van der Waals surface area contributed by atoms with Gasteiger partial charge in [0.1, 0.15) is 17.3 Å². The highest BCUT2D eigenvalue weighted by atomic mass is 19.1. The Morgan fingerprint density at radius 2 is 1.94 bits per heavy atom. The summed E-state index contributed by atoms with van der Waals surface area (Å²) in [6.45, 7) is 13.5. The molecule has 1 saturated heterocycles. The summed E-state index contributed by atoms with van der Waals surface area (Å²) in [7, 11) is 2.13. The normalized spacial score (nSPS) is 15.3. The minimum atomic E-state index is -0.453. The molecule has 1 aliphatic heterocycles. The van der Waals surface area contributed by atoms with Crippen LogP contribution in [0.5, 0.6) is 0 Å². The fourth-order valence-corrected chi connectivity index (χ4v) is 4.05. The lowest BCUT2D eigenvalue weighted by molar-refractivity contribution is 0.312. The first-order chi connectivity index (χ1) is 16.5. The van der Waals surface area contributed by atoms with E-state index in [0.29, 0.717) is 28.2 Å². The summed E-state index contributed by atoms with van der Waals surface area (Å²) in [4.78, 5) is 28.8. The standard InChI is InChI=1S/C24H24FN9/c1-15(16-4-5-21(27-11-16)34-8-6-33(3)7-9-34)31-24-30-14-20(26-2)22(32-24)19-13-29-23-18(19)10-17(25)12-28-23/h4-5,10-15H,6-9H2,1,3H3,(H,28,29)(H,30,31,32)/t15-/m0/s1. The third-order valence-electron chi connectivity index (χ3n) is 6.09. The molecule has 4 aromatic rings. The van der Waals surface area contributed by atoms with Crippen LogP contribution >= 0.6 is 0 Å². The van der Waals surface area contributed by atoms with Gasteiger partial charge in [-0.15, -0.1) is 0 Å². The second-order valence-corrected chi connectivity index (χ2v) is 8.40. The van der Waals surface area contributed by atoms with Crippen molar-refractivity contribution in [3.8, 4) is 11.3 Å². The Balaban J connectivity index is 1.37. The number of aromatic nitrogens is 5. The van der Waals surface area contributed by atoms with E-state index in [1.165, 1.54) is 12.3 Å². The van der Waals surface area contributed by atoms with Crippen molar-refractivity contribution in [1.29, 1.82) is 0 Å². The number of likely N-dealkylation sites (N-methyl/N-ethyl adjacent to an activating group) is 1. The zero-order valence-electron chi connectivity index (χ0n) is 19.0. The zero-order chi connectivity index (χ0) is 23.7. The topological polar surface area (TPSA) is 90.2 Å². The van der Waals surface area contributed by atoms with Crippen LogP contribution in [-0.2, 0) is 0 Å². The lowest BCUT2D eigenvalue weighted by Crippen LogP contribution is -2.44. The second-order valence-electron chi connectivity index (χ2n) is 8.40. The van der Waals surface area contributed by atoms with Gasteiger partial charge >= 0.3 is 0 Å². The average molecular weight is 458 g/mol. The molecule has 1 fully saturated rings. The summed E-state index contributed by atoms with van der Waals surface area (Å²) in [5.41, 5.74) is 2.82. The number of rotatable bonds is 5. The first kappa shape index (κ1) is 21.7. The Morgan fingerprint density at radius 1 is 1.12 bits per heavy atom. The number of hydrogen-bond donors (Lipinski definition) is 2. The summed E-state index contributed by atoms with van der Waals surface area (Å²) in [5.74, 6) is 0.896. The quantitative estimate of drug-likeness (QED) is 0.437. The molecule has 9 nitrogen and oxygen atoms in total. The van der Waals surface area contributed by atoms with Crippen LogP contribution in [0, 0.1) is 12.4 Å². The number of aromatic amines is 1. The van der Waals surface area contributed by atoms with Gasteiger partial charge in [-0.2, -0.15) is 0 Å². The van der Waals surface area contributed by atoms with Crippen LogP contribution in [0.25, 0.3) is 27.1 Å². The first-order valence-electron chi connectivity index (χ1n) is 11.1. The predicted molar refractivity (Wildman–Crippen MR) is 129 cm³/mol. The van der Waals surface area contributed by atoms with Gasteiger partial charge in [-0.3, -0.25) is 0 Å². The van der Waals surface area contributed by atoms with Crippen molar-refractivity contribution in [3.05, 3.63) is 65.8 Å². The lowest BCUT2D eigenvalue weighted by atomic mass is 10.1. The highest BCUT2D eigenvalue weighted by Gasteiger charge is 2.18. The summed E-state index contributed by atoms with van der Waals surface area (Å²) >= 11 is 0. The summed E-state index contributed by atoms with van der Waals surface area (Å²) in [5, 5.41) is 3.85. The molecule has 1 atom stereocenters. The maximum absolute atomic E-state index is 13.8. The Labute approximate surface area is 196 Å². The number of pyridine rings is 2.